The highest BCUT2D eigenvalue weighted by atomic mass is 15.2. The van der Waals surface area contributed by atoms with Crippen molar-refractivity contribution in [3.8, 4) is 44.5 Å². The van der Waals surface area contributed by atoms with E-state index in [2.05, 4.69) is 329 Å². The van der Waals surface area contributed by atoms with Gasteiger partial charge in [-0.2, -0.15) is 0 Å². The molecule has 0 saturated carbocycles. The summed E-state index contributed by atoms with van der Waals surface area (Å²) in [6.07, 6.45) is 0. The zero-order valence-corrected chi connectivity index (χ0v) is 57.5. The third kappa shape index (κ3) is 8.46. The maximum atomic E-state index is 2.76. The molecule has 4 heterocycles. The van der Waals surface area contributed by atoms with Gasteiger partial charge in [-0.05, 0) is 225 Å². The van der Waals surface area contributed by atoms with E-state index < -0.39 is 0 Å². The Labute approximate surface area is 548 Å². The number of rotatable bonds is 4. The molecule has 12 aromatic carbocycles. The third-order valence-corrected chi connectivity index (χ3v) is 21.4. The number of nitrogens with zero attached hydrogens (tertiary/aromatic N) is 2. The van der Waals surface area contributed by atoms with Gasteiger partial charge in [0, 0.05) is 34.1 Å². The number of fused-ring (bicyclic) bond motifs is 8. The fourth-order valence-corrected chi connectivity index (χ4v) is 17.0. The highest BCUT2D eigenvalue weighted by molar-refractivity contribution is 7.02. The second-order valence-electron chi connectivity index (χ2n) is 33.7. The van der Waals surface area contributed by atoms with E-state index in [0.717, 1.165) is 0 Å². The fraction of sp³-hybridized carbons (Fsp3) is 0.273. The minimum Gasteiger partial charge on any atom is -0.312 e. The van der Waals surface area contributed by atoms with Crippen molar-refractivity contribution >= 4 is 113 Å². The summed E-state index contributed by atoms with van der Waals surface area (Å²) in [5.41, 5.74) is 33.6. The minimum absolute atomic E-state index is 0.0477. The van der Waals surface area contributed by atoms with Crippen molar-refractivity contribution in [1.82, 2.24) is 0 Å². The Morgan fingerprint density at radius 2 is 0.565 bits per heavy atom. The first-order valence-electron chi connectivity index (χ1n) is 33.9. The van der Waals surface area contributed by atoms with Gasteiger partial charge in [0.25, 0.3) is 0 Å². The Morgan fingerprint density at radius 1 is 0.250 bits per heavy atom. The lowest BCUT2D eigenvalue weighted by molar-refractivity contribution is 0.550. The smallest absolute Gasteiger partial charge is 0.248 e. The first-order valence-corrected chi connectivity index (χ1v) is 33.9. The standard InChI is InChI=1S/C88H86B2N2/c1-83(2,3)51-43-63(85(7,8)9)75(64(44-51)86(10,11)12)59-47-57-55-35-29-41-73-81(55)90(68-38-26-28-40-72(68)91(73)53-31-21-19-22-32-53)70-50-62-60(76-65(87(13,14)15)45-52(84(4,5)6)46-66(76)88(16,17)18)48-58-56-36-30-42-74-82(56)89(69-49-61(59)79(77(57)70)80(62)78(58)69)67-37-25-27-39-71(67)92(74)54-33-23-20-24-34-54/h19-50H,1-18H3. The Kier molecular flexibility index (Phi) is 12.4. The molecule has 0 fully saturated rings. The van der Waals surface area contributed by atoms with Gasteiger partial charge in [0.2, 0.25) is 13.4 Å². The first-order chi connectivity index (χ1) is 43.5. The summed E-state index contributed by atoms with van der Waals surface area (Å²) < 4.78 is 0. The molecule has 4 heteroatoms. The Hall–Kier alpha value is -8.59. The van der Waals surface area contributed by atoms with E-state index in [1.807, 2.05) is 0 Å². The third-order valence-electron chi connectivity index (χ3n) is 21.4. The number of para-hydroxylation sites is 4. The first kappa shape index (κ1) is 58.5. The van der Waals surface area contributed by atoms with Crippen LogP contribution in [0, 0.1) is 0 Å². The molecular weight excluding hydrogens is 1110 g/mol. The molecule has 0 radical (unpaired) electrons. The van der Waals surface area contributed by atoms with Crippen LogP contribution in [-0.2, 0) is 32.5 Å². The molecule has 2 nitrogen and oxygen atoms in total. The van der Waals surface area contributed by atoms with Crippen LogP contribution in [0.2, 0.25) is 0 Å². The maximum Gasteiger partial charge on any atom is 0.248 e. The predicted octanol–water partition coefficient (Wildman–Crippen LogP) is 20.3. The predicted molar refractivity (Wildman–Crippen MR) is 403 cm³/mol. The average molecular weight is 1190 g/mol. The van der Waals surface area contributed by atoms with Crippen LogP contribution in [0.25, 0.3) is 76.8 Å². The molecule has 92 heavy (non-hydrogen) atoms. The molecule has 12 aromatic rings. The minimum atomic E-state index is -0.211. The van der Waals surface area contributed by atoms with Crippen molar-refractivity contribution in [1.29, 1.82) is 0 Å². The number of anilines is 6. The molecule has 0 saturated heterocycles. The lowest BCUT2D eigenvalue weighted by Crippen LogP contribution is -2.60. The Balaban J connectivity index is 1.19. The highest BCUT2D eigenvalue weighted by Crippen LogP contribution is 2.56. The van der Waals surface area contributed by atoms with E-state index in [1.165, 1.54) is 177 Å². The van der Waals surface area contributed by atoms with Crippen LogP contribution in [0.4, 0.5) is 34.1 Å². The van der Waals surface area contributed by atoms with Gasteiger partial charge in [-0.1, -0.05) is 269 Å². The summed E-state index contributed by atoms with van der Waals surface area (Å²) >= 11 is 0. The summed E-state index contributed by atoms with van der Waals surface area (Å²) in [4.78, 5) is 5.11. The van der Waals surface area contributed by atoms with E-state index in [9.17, 15) is 0 Å². The molecule has 454 valence electrons. The van der Waals surface area contributed by atoms with Crippen LogP contribution in [0.1, 0.15) is 158 Å². The summed E-state index contributed by atoms with van der Waals surface area (Å²) in [5, 5.41) is 8.24. The molecular formula is C88H86B2N2. The van der Waals surface area contributed by atoms with Crippen LogP contribution in [0.3, 0.4) is 0 Å². The van der Waals surface area contributed by atoms with Crippen LogP contribution < -0.4 is 42.6 Å². The van der Waals surface area contributed by atoms with Gasteiger partial charge in [-0.15, -0.1) is 0 Å². The summed E-state index contributed by atoms with van der Waals surface area (Å²) in [6.45, 7) is 43.8. The second-order valence-corrected chi connectivity index (χ2v) is 33.7. The largest absolute Gasteiger partial charge is 0.312 e. The topological polar surface area (TPSA) is 6.48 Å². The van der Waals surface area contributed by atoms with Gasteiger partial charge in [-0.3, -0.25) is 0 Å². The SMILES string of the molecule is CC(C)(C)c1cc(C(C)(C)C)c(-c2cc3c4c(cc5c(-c6c(C(C)(C)C)cc(C(C)(C)C)cc6C(C)(C)C)cc6c7c(cc2c4c57)B2c4ccccc4N(c4ccccc4)c4cccc-6c42)B2c4ccccc4N(c4ccccc4)c4cccc-3c42)c(C(C)(C)C)c1. The van der Waals surface area contributed by atoms with E-state index >= 15 is 0 Å². The molecule has 4 aliphatic rings. The van der Waals surface area contributed by atoms with Gasteiger partial charge >= 0.3 is 0 Å². The number of benzene rings is 12. The van der Waals surface area contributed by atoms with Gasteiger partial charge in [0.1, 0.15) is 0 Å². The fourth-order valence-electron chi connectivity index (χ4n) is 17.0. The molecule has 0 aliphatic carbocycles. The number of hydrogen-bond acceptors (Lipinski definition) is 2. The van der Waals surface area contributed by atoms with Gasteiger partial charge in [0.05, 0.1) is 0 Å². The molecule has 0 spiro atoms. The van der Waals surface area contributed by atoms with Crippen LogP contribution in [0.5, 0.6) is 0 Å². The quantitative estimate of drug-likeness (QED) is 0.128. The van der Waals surface area contributed by atoms with E-state index in [0.29, 0.717) is 0 Å². The van der Waals surface area contributed by atoms with Gasteiger partial charge < -0.3 is 9.80 Å². The maximum absolute atomic E-state index is 2.76. The number of hydrogen-bond donors (Lipinski definition) is 0. The van der Waals surface area contributed by atoms with E-state index in [1.54, 1.807) is 0 Å². The second kappa shape index (κ2) is 19.5. The van der Waals surface area contributed by atoms with Crippen molar-refractivity contribution < 1.29 is 0 Å². The summed E-state index contributed by atoms with van der Waals surface area (Å²) in [5.74, 6) is 0. The highest BCUT2D eigenvalue weighted by Gasteiger charge is 2.47. The van der Waals surface area contributed by atoms with Crippen molar-refractivity contribution in [3.05, 3.63) is 228 Å². The van der Waals surface area contributed by atoms with E-state index in [4.69, 9.17) is 0 Å². The van der Waals surface area contributed by atoms with Crippen LogP contribution in [-0.4, -0.2) is 13.4 Å². The van der Waals surface area contributed by atoms with Crippen molar-refractivity contribution in [3.63, 3.8) is 0 Å². The normalized spacial score (nSPS) is 14.3. The molecule has 0 unspecified atom stereocenters. The van der Waals surface area contributed by atoms with Crippen LogP contribution in [0.15, 0.2) is 194 Å². The average Bonchev–Trinajstić information content (AvgIpc) is 0.665. The summed E-state index contributed by atoms with van der Waals surface area (Å²) in [6, 6.07) is 76.7. The molecule has 0 bridgehead atoms. The molecule has 0 amide bonds. The monoisotopic (exact) mass is 1190 g/mol. The zero-order chi connectivity index (χ0) is 64.4. The van der Waals surface area contributed by atoms with Gasteiger partial charge in [0.15, 0.2) is 0 Å². The molecule has 0 N–H and O–H groups in total. The van der Waals surface area contributed by atoms with Crippen molar-refractivity contribution in [2.45, 2.75) is 157 Å². The van der Waals surface area contributed by atoms with Crippen molar-refractivity contribution in [2.75, 3.05) is 9.80 Å². The van der Waals surface area contributed by atoms with Crippen LogP contribution >= 0.6 is 0 Å². The Morgan fingerprint density at radius 3 is 0.891 bits per heavy atom. The lowest BCUT2D eigenvalue weighted by atomic mass is 9.31. The Bertz CT molecular complexity index is 4710. The molecule has 0 aromatic heterocycles. The lowest BCUT2D eigenvalue weighted by Gasteiger charge is -2.42. The summed E-state index contributed by atoms with van der Waals surface area (Å²) in [7, 11) is 0. The molecule has 16 rings (SSSR count). The molecule has 0 atom stereocenters. The van der Waals surface area contributed by atoms with Gasteiger partial charge in [-0.25, -0.2) is 0 Å². The molecule has 4 aliphatic heterocycles. The zero-order valence-electron chi connectivity index (χ0n) is 57.5. The van der Waals surface area contributed by atoms with Crippen molar-refractivity contribution in [2.24, 2.45) is 0 Å². The van der Waals surface area contributed by atoms with E-state index in [-0.39, 0.29) is 45.9 Å².